The molecule has 5 heteroatoms. The average Bonchev–Trinajstić information content (AvgIpc) is 2.99. The molecule has 0 unspecified atom stereocenters. The highest BCUT2D eigenvalue weighted by Crippen LogP contribution is 2.30. The van der Waals surface area contributed by atoms with Crippen molar-refractivity contribution in [3.8, 4) is 11.8 Å². The van der Waals surface area contributed by atoms with Gasteiger partial charge in [-0.2, -0.15) is 0 Å². The summed E-state index contributed by atoms with van der Waals surface area (Å²) in [5.41, 5.74) is -1.43. The fourth-order valence-electron chi connectivity index (χ4n) is 3.88. The van der Waals surface area contributed by atoms with Crippen LogP contribution in [0.3, 0.4) is 0 Å². The number of carbonyl (C=O) groups is 1. The van der Waals surface area contributed by atoms with E-state index in [9.17, 15) is 9.90 Å². The van der Waals surface area contributed by atoms with Crippen LogP contribution in [0.5, 0.6) is 0 Å². The zero-order chi connectivity index (χ0) is 23.3. The molecule has 0 aromatic rings. The fraction of sp³-hybridized carbons (Fsp3) is 0.885. The summed E-state index contributed by atoms with van der Waals surface area (Å²) < 4.78 is 11.2. The molecule has 180 valence electrons. The quantitative estimate of drug-likeness (QED) is 0.282. The van der Waals surface area contributed by atoms with Crippen molar-refractivity contribution < 1.29 is 19.4 Å². The number of hydrogen-bond acceptors (Lipinski definition) is 4. The average molecular weight is 438 g/mol. The molecule has 0 aromatic heterocycles. The van der Waals surface area contributed by atoms with Crippen LogP contribution in [-0.2, 0) is 9.47 Å². The summed E-state index contributed by atoms with van der Waals surface area (Å²) in [6.07, 6.45) is 13.7. The molecular weight excluding hydrogens is 390 g/mol. The van der Waals surface area contributed by atoms with E-state index in [1.807, 2.05) is 34.6 Å². The number of aliphatic hydroxyl groups excluding tert-OH is 1. The summed E-state index contributed by atoms with van der Waals surface area (Å²) in [5, 5.41) is 10.6. The molecule has 0 aromatic carbocycles. The number of aliphatic hydroxyl groups is 1. The SMILES string of the molecule is CCCCCCCCCCCCCC#C[C@H](O)[C@@H]1COC(C)(C)N1C(=O)OC(C)(C)C. The first-order chi connectivity index (χ1) is 14.6. The number of carbonyl (C=O) groups excluding carboxylic acids is 1. The Labute approximate surface area is 191 Å². The van der Waals surface area contributed by atoms with Crippen LogP contribution in [-0.4, -0.2) is 46.2 Å². The Kier molecular flexibility index (Phi) is 12.6. The maximum absolute atomic E-state index is 12.6. The molecule has 0 aliphatic carbocycles. The smallest absolute Gasteiger partial charge is 0.413 e. The molecule has 31 heavy (non-hydrogen) atoms. The summed E-state index contributed by atoms with van der Waals surface area (Å²) in [6.45, 7) is 11.6. The van der Waals surface area contributed by atoms with Gasteiger partial charge in [-0.3, -0.25) is 4.90 Å². The lowest BCUT2D eigenvalue weighted by Gasteiger charge is -2.35. The van der Waals surface area contributed by atoms with Gasteiger partial charge in [0.25, 0.3) is 0 Å². The molecule has 1 heterocycles. The summed E-state index contributed by atoms with van der Waals surface area (Å²) in [4.78, 5) is 14.1. The van der Waals surface area contributed by atoms with Crippen LogP contribution in [0.1, 0.15) is 119 Å². The Hall–Kier alpha value is -1.25. The normalized spacial score (nSPS) is 19.1. The first-order valence-electron chi connectivity index (χ1n) is 12.4. The van der Waals surface area contributed by atoms with Gasteiger partial charge in [-0.05, 0) is 41.0 Å². The number of hydrogen-bond donors (Lipinski definition) is 1. The predicted molar refractivity (Wildman–Crippen MR) is 127 cm³/mol. The summed E-state index contributed by atoms with van der Waals surface area (Å²) in [7, 11) is 0. The van der Waals surface area contributed by atoms with Crippen LogP contribution >= 0.6 is 0 Å². The summed E-state index contributed by atoms with van der Waals surface area (Å²) in [6, 6.07) is -0.519. The van der Waals surface area contributed by atoms with Gasteiger partial charge >= 0.3 is 6.09 Å². The molecule has 1 aliphatic heterocycles. The van der Waals surface area contributed by atoms with E-state index in [-0.39, 0.29) is 6.61 Å². The van der Waals surface area contributed by atoms with Gasteiger partial charge < -0.3 is 14.6 Å². The maximum atomic E-state index is 12.6. The lowest BCUT2D eigenvalue weighted by Crippen LogP contribution is -2.53. The van der Waals surface area contributed by atoms with Gasteiger partial charge in [0.1, 0.15) is 17.4 Å². The zero-order valence-corrected chi connectivity index (χ0v) is 21.0. The first-order valence-corrected chi connectivity index (χ1v) is 12.4. The summed E-state index contributed by atoms with van der Waals surface area (Å²) >= 11 is 0. The van der Waals surface area contributed by atoms with Crippen LogP contribution in [0.25, 0.3) is 0 Å². The van der Waals surface area contributed by atoms with Crippen molar-refractivity contribution in [1.82, 2.24) is 4.90 Å². The molecule has 1 amide bonds. The van der Waals surface area contributed by atoms with E-state index in [2.05, 4.69) is 18.8 Å². The monoisotopic (exact) mass is 437 g/mol. The van der Waals surface area contributed by atoms with E-state index in [0.717, 1.165) is 12.8 Å². The van der Waals surface area contributed by atoms with Gasteiger partial charge in [0.15, 0.2) is 0 Å². The number of ether oxygens (including phenoxy) is 2. The Bertz CT molecular complexity index is 570. The Morgan fingerprint density at radius 1 is 1.06 bits per heavy atom. The molecule has 2 atom stereocenters. The molecular formula is C26H47NO4. The molecule has 1 rings (SSSR count). The molecule has 0 spiro atoms. The third-order valence-corrected chi connectivity index (χ3v) is 5.63. The lowest BCUT2D eigenvalue weighted by molar-refractivity contribution is -0.0658. The highest BCUT2D eigenvalue weighted by molar-refractivity contribution is 5.70. The topological polar surface area (TPSA) is 59.0 Å². The van der Waals surface area contributed by atoms with Crippen molar-refractivity contribution in [3.63, 3.8) is 0 Å². The second-order valence-electron chi connectivity index (χ2n) is 10.2. The van der Waals surface area contributed by atoms with Crippen LogP contribution in [0.4, 0.5) is 4.79 Å². The maximum Gasteiger partial charge on any atom is 0.413 e. The molecule has 0 saturated carbocycles. The summed E-state index contributed by atoms with van der Waals surface area (Å²) in [5.74, 6) is 6.02. The molecule has 1 N–H and O–H groups in total. The van der Waals surface area contributed by atoms with E-state index < -0.39 is 29.6 Å². The van der Waals surface area contributed by atoms with Crippen molar-refractivity contribution in [1.29, 1.82) is 0 Å². The van der Waals surface area contributed by atoms with E-state index in [1.165, 1.54) is 69.1 Å². The fourth-order valence-corrected chi connectivity index (χ4v) is 3.88. The van der Waals surface area contributed by atoms with Gasteiger partial charge in [-0.25, -0.2) is 4.79 Å². The van der Waals surface area contributed by atoms with Crippen LogP contribution in [0.15, 0.2) is 0 Å². The molecule has 1 fully saturated rings. The Morgan fingerprint density at radius 3 is 2.10 bits per heavy atom. The second kappa shape index (κ2) is 14.0. The van der Waals surface area contributed by atoms with Gasteiger partial charge in [0.05, 0.1) is 12.6 Å². The van der Waals surface area contributed by atoms with Crippen molar-refractivity contribution in [3.05, 3.63) is 0 Å². The van der Waals surface area contributed by atoms with Crippen molar-refractivity contribution in [2.45, 2.75) is 142 Å². The Morgan fingerprint density at radius 2 is 1.58 bits per heavy atom. The lowest BCUT2D eigenvalue weighted by atomic mass is 10.1. The van der Waals surface area contributed by atoms with Crippen LogP contribution in [0, 0.1) is 11.8 Å². The molecule has 5 nitrogen and oxygen atoms in total. The van der Waals surface area contributed by atoms with Gasteiger partial charge in [0.2, 0.25) is 0 Å². The minimum Gasteiger partial charge on any atom is -0.444 e. The van der Waals surface area contributed by atoms with E-state index in [1.54, 1.807) is 0 Å². The standard InChI is InChI=1S/C26H47NO4/c1-7-8-9-10-11-12-13-14-15-16-17-18-19-20-23(28)22-21-30-26(5,6)27(22)24(29)31-25(2,3)4/h22-23,28H,7-18,21H2,1-6H3/t22-,23-/m0/s1. The van der Waals surface area contributed by atoms with E-state index in [0.29, 0.717) is 0 Å². The first kappa shape index (κ1) is 27.8. The van der Waals surface area contributed by atoms with Crippen molar-refractivity contribution in [2.75, 3.05) is 6.61 Å². The largest absolute Gasteiger partial charge is 0.444 e. The van der Waals surface area contributed by atoms with Gasteiger partial charge in [-0.1, -0.05) is 77.1 Å². The highest BCUT2D eigenvalue weighted by atomic mass is 16.6. The minimum atomic E-state index is -0.943. The molecule has 0 radical (unpaired) electrons. The highest BCUT2D eigenvalue weighted by Gasteiger charge is 2.48. The van der Waals surface area contributed by atoms with E-state index >= 15 is 0 Å². The Balaban J connectivity index is 2.29. The van der Waals surface area contributed by atoms with E-state index in [4.69, 9.17) is 9.47 Å². The van der Waals surface area contributed by atoms with Crippen molar-refractivity contribution in [2.24, 2.45) is 0 Å². The van der Waals surface area contributed by atoms with Gasteiger partial charge in [0, 0.05) is 6.42 Å². The minimum absolute atomic E-state index is 0.251. The number of amides is 1. The van der Waals surface area contributed by atoms with Gasteiger partial charge in [-0.15, -0.1) is 5.92 Å². The number of nitrogens with zero attached hydrogens (tertiary/aromatic N) is 1. The second-order valence-corrected chi connectivity index (χ2v) is 10.2. The van der Waals surface area contributed by atoms with Crippen LogP contribution < -0.4 is 0 Å². The molecule has 1 saturated heterocycles. The predicted octanol–water partition coefficient (Wildman–Crippen LogP) is 6.42. The van der Waals surface area contributed by atoms with Crippen molar-refractivity contribution >= 4 is 6.09 Å². The molecule has 0 bridgehead atoms. The van der Waals surface area contributed by atoms with Crippen LogP contribution in [0.2, 0.25) is 0 Å². The zero-order valence-electron chi connectivity index (χ0n) is 21.0. The molecule has 1 aliphatic rings. The number of unbranched alkanes of at least 4 members (excludes halogenated alkanes) is 11. The third kappa shape index (κ3) is 11.3. The third-order valence-electron chi connectivity index (χ3n) is 5.63. The number of rotatable bonds is 12.